The number of benzene rings is 2. The van der Waals surface area contributed by atoms with Gasteiger partial charge in [0.2, 0.25) is 10.0 Å². The van der Waals surface area contributed by atoms with E-state index < -0.39 is 10.0 Å². The highest BCUT2D eigenvalue weighted by atomic mass is 32.2. The number of carbonyl (C=O) groups excluding carboxylic acids is 1. The smallest absolute Gasteiger partial charge is 0.255 e. The molecule has 156 valence electrons. The molecule has 0 aliphatic carbocycles. The van der Waals surface area contributed by atoms with Crippen molar-refractivity contribution in [3.63, 3.8) is 0 Å². The van der Waals surface area contributed by atoms with E-state index in [-0.39, 0.29) is 23.5 Å². The van der Waals surface area contributed by atoms with Crippen molar-refractivity contribution >= 4 is 21.6 Å². The minimum Gasteiger partial charge on any atom is -0.395 e. The molecule has 1 atom stereocenters. The van der Waals surface area contributed by atoms with Gasteiger partial charge in [0.15, 0.2) is 0 Å². The molecule has 0 unspecified atom stereocenters. The van der Waals surface area contributed by atoms with E-state index in [1.165, 1.54) is 28.6 Å². The van der Waals surface area contributed by atoms with E-state index >= 15 is 0 Å². The van der Waals surface area contributed by atoms with Crippen LogP contribution in [-0.2, 0) is 10.0 Å². The normalized spacial score (nSPS) is 17.0. The number of carbonyl (C=O) groups is 1. The summed E-state index contributed by atoms with van der Waals surface area (Å²) >= 11 is 0. The maximum Gasteiger partial charge on any atom is 0.255 e. The number of amides is 1. The first-order valence-electron chi connectivity index (χ1n) is 9.77. The van der Waals surface area contributed by atoms with Crippen LogP contribution in [0.25, 0.3) is 0 Å². The summed E-state index contributed by atoms with van der Waals surface area (Å²) in [6.45, 7) is 4.05. The number of aliphatic hydroxyl groups excluding tert-OH is 1. The van der Waals surface area contributed by atoms with Gasteiger partial charge < -0.3 is 10.4 Å². The number of nitrogens with zero attached hydrogens (tertiary/aromatic N) is 2. The molecule has 8 heteroatoms. The zero-order chi connectivity index (χ0) is 20.9. The quantitative estimate of drug-likeness (QED) is 0.719. The zero-order valence-corrected chi connectivity index (χ0v) is 17.3. The molecular weight excluding hydrogens is 390 g/mol. The molecule has 3 rings (SSSR count). The van der Waals surface area contributed by atoms with Crippen LogP contribution >= 0.6 is 0 Å². The van der Waals surface area contributed by atoms with Crippen LogP contribution < -0.4 is 5.32 Å². The summed E-state index contributed by atoms with van der Waals surface area (Å²) in [6.07, 6.45) is 0.829. The molecule has 1 aliphatic rings. The summed E-state index contributed by atoms with van der Waals surface area (Å²) in [7, 11) is -3.61. The van der Waals surface area contributed by atoms with E-state index in [1.54, 1.807) is 12.1 Å². The van der Waals surface area contributed by atoms with Gasteiger partial charge in [0.05, 0.1) is 11.5 Å². The molecule has 2 N–H and O–H groups in total. The van der Waals surface area contributed by atoms with Gasteiger partial charge in [0, 0.05) is 43.5 Å². The fraction of sp³-hybridized carbons (Fsp3) is 0.381. The lowest BCUT2D eigenvalue weighted by Crippen LogP contribution is -2.52. The Balaban J connectivity index is 1.65. The van der Waals surface area contributed by atoms with E-state index in [9.17, 15) is 18.3 Å². The van der Waals surface area contributed by atoms with Crippen molar-refractivity contribution in [3.05, 3.63) is 60.2 Å². The Morgan fingerprint density at radius 3 is 2.21 bits per heavy atom. The fourth-order valence-electron chi connectivity index (χ4n) is 3.46. The Bertz CT molecular complexity index is 905. The van der Waals surface area contributed by atoms with Crippen molar-refractivity contribution in [3.8, 4) is 0 Å². The predicted molar refractivity (Wildman–Crippen MR) is 112 cm³/mol. The van der Waals surface area contributed by atoms with Crippen LogP contribution in [0.15, 0.2) is 59.5 Å². The molecule has 0 aromatic heterocycles. The van der Waals surface area contributed by atoms with Gasteiger partial charge in [-0.25, -0.2) is 8.42 Å². The lowest BCUT2D eigenvalue weighted by molar-refractivity contribution is 0.0881. The van der Waals surface area contributed by atoms with Gasteiger partial charge in [0.1, 0.15) is 0 Å². The number of hydrogen-bond donors (Lipinski definition) is 2. The number of hydrogen-bond acceptors (Lipinski definition) is 5. The summed E-state index contributed by atoms with van der Waals surface area (Å²) in [5.74, 6) is -0.289. The van der Waals surface area contributed by atoms with Crippen molar-refractivity contribution in [2.75, 3.05) is 38.1 Å². The maximum absolute atomic E-state index is 12.9. The van der Waals surface area contributed by atoms with Gasteiger partial charge in [-0.1, -0.05) is 25.1 Å². The van der Waals surface area contributed by atoms with Crippen molar-refractivity contribution < 1.29 is 18.3 Å². The van der Waals surface area contributed by atoms with Crippen LogP contribution in [0.3, 0.4) is 0 Å². The first-order valence-corrected chi connectivity index (χ1v) is 11.2. The molecule has 1 heterocycles. The standard InChI is InChI=1S/C21H27N3O4S/c1-2-19(16-25)23-12-14-24(15-13-23)29(27,28)20-10-8-17(9-11-20)21(26)22-18-6-4-3-5-7-18/h3-11,19,25H,2,12-16H2,1H3,(H,22,26)/t19-/m0/s1. The van der Waals surface area contributed by atoms with Crippen LogP contribution in [0.5, 0.6) is 0 Å². The fourth-order valence-corrected chi connectivity index (χ4v) is 4.89. The first kappa shape index (κ1) is 21.4. The van der Waals surface area contributed by atoms with Crippen LogP contribution in [0.4, 0.5) is 5.69 Å². The second kappa shape index (κ2) is 9.49. The molecule has 2 aromatic carbocycles. The monoisotopic (exact) mass is 417 g/mol. The van der Waals surface area contributed by atoms with E-state index in [2.05, 4.69) is 10.2 Å². The lowest BCUT2D eigenvalue weighted by atomic mass is 10.2. The topological polar surface area (TPSA) is 90.0 Å². The number of sulfonamides is 1. The Morgan fingerprint density at radius 2 is 1.66 bits per heavy atom. The Labute approximate surface area is 172 Å². The largest absolute Gasteiger partial charge is 0.395 e. The SMILES string of the molecule is CC[C@@H](CO)N1CCN(S(=O)(=O)c2ccc(C(=O)Nc3ccccc3)cc2)CC1. The summed E-state index contributed by atoms with van der Waals surface area (Å²) in [4.78, 5) is 14.6. The van der Waals surface area contributed by atoms with E-state index in [0.717, 1.165) is 6.42 Å². The van der Waals surface area contributed by atoms with Gasteiger partial charge in [-0.2, -0.15) is 4.31 Å². The van der Waals surface area contributed by atoms with Gasteiger partial charge in [-0.05, 0) is 42.8 Å². The number of anilines is 1. The summed E-state index contributed by atoms with van der Waals surface area (Å²) in [5, 5.41) is 12.2. The molecule has 7 nitrogen and oxygen atoms in total. The first-order chi connectivity index (χ1) is 14.0. The molecular formula is C21H27N3O4S. The Kier molecular flexibility index (Phi) is 7.02. The number of nitrogens with one attached hydrogen (secondary N) is 1. The summed E-state index contributed by atoms with van der Waals surface area (Å²) in [5.41, 5.74) is 1.08. The third-order valence-electron chi connectivity index (χ3n) is 5.26. The molecule has 1 amide bonds. The molecule has 1 fully saturated rings. The average molecular weight is 418 g/mol. The predicted octanol–water partition coefficient (Wildman–Crippen LogP) is 2.02. The van der Waals surface area contributed by atoms with E-state index in [4.69, 9.17) is 0 Å². The Morgan fingerprint density at radius 1 is 1.03 bits per heavy atom. The van der Waals surface area contributed by atoms with Crippen LogP contribution in [0.2, 0.25) is 0 Å². The van der Waals surface area contributed by atoms with Crippen molar-refractivity contribution in [2.24, 2.45) is 0 Å². The lowest BCUT2D eigenvalue weighted by Gasteiger charge is -2.37. The molecule has 0 bridgehead atoms. The molecule has 0 radical (unpaired) electrons. The number of piperazine rings is 1. The third kappa shape index (κ3) is 5.02. The molecule has 1 saturated heterocycles. The summed E-state index contributed by atoms with van der Waals surface area (Å²) in [6, 6.07) is 15.2. The van der Waals surface area contributed by atoms with Crippen LogP contribution in [0.1, 0.15) is 23.7 Å². The van der Waals surface area contributed by atoms with Crippen molar-refractivity contribution in [1.29, 1.82) is 0 Å². The number of para-hydroxylation sites is 1. The highest BCUT2D eigenvalue weighted by Crippen LogP contribution is 2.20. The number of aliphatic hydroxyl groups is 1. The zero-order valence-electron chi connectivity index (χ0n) is 16.5. The second-order valence-corrected chi connectivity index (χ2v) is 8.97. The molecule has 0 spiro atoms. The van der Waals surface area contributed by atoms with E-state index in [0.29, 0.717) is 37.4 Å². The van der Waals surface area contributed by atoms with Gasteiger partial charge in [-0.3, -0.25) is 9.69 Å². The number of rotatable bonds is 7. The third-order valence-corrected chi connectivity index (χ3v) is 7.17. The van der Waals surface area contributed by atoms with Gasteiger partial charge in [0.25, 0.3) is 5.91 Å². The van der Waals surface area contributed by atoms with Gasteiger partial charge in [-0.15, -0.1) is 0 Å². The highest BCUT2D eigenvalue weighted by Gasteiger charge is 2.30. The Hall–Kier alpha value is -2.26. The maximum atomic E-state index is 12.9. The molecule has 29 heavy (non-hydrogen) atoms. The van der Waals surface area contributed by atoms with Crippen molar-refractivity contribution in [2.45, 2.75) is 24.3 Å². The van der Waals surface area contributed by atoms with Crippen LogP contribution in [0, 0.1) is 0 Å². The van der Waals surface area contributed by atoms with Gasteiger partial charge >= 0.3 is 0 Å². The highest BCUT2D eigenvalue weighted by molar-refractivity contribution is 7.89. The minimum atomic E-state index is -3.61. The molecule has 0 saturated carbocycles. The molecule has 2 aromatic rings. The second-order valence-electron chi connectivity index (χ2n) is 7.03. The minimum absolute atomic E-state index is 0.0715. The van der Waals surface area contributed by atoms with E-state index in [1.807, 2.05) is 25.1 Å². The molecule has 1 aliphatic heterocycles. The van der Waals surface area contributed by atoms with Crippen molar-refractivity contribution in [1.82, 2.24) is 9.21 Å². The summed E-state index contributed by atoms with van der Waals surface area (Å²) < 4.78 is 27.3. The van der Waals surface area contributed by atoms with Crippen LogP contribution in [-0.4, -0.2) is 67.5 Å². The average Bonchev–Trinajstić information content (AvgIpc) is 2.76.